The molecular formula is C15H22IN3. The highest BCUT2D eigenvalue weighted by Crippen LogP contribution is 2.27. The van der Waals surface area contributed by atoms with Crippen molar-refractivity contribution in [2.24, 2.45) is 0 Å². The van der Waals surface area contributed by atoms with Crippen LogP contribution >= 0.6 is 22.6 Å². The zero-order valence-corrected chi connectivity index (χ0v) is 14.3. The Balaban J connectivity index is 0.000000191. The lowest BCUT2D eigenvalue weighted by Crippen LogP contribution is -2.55. The maximum absolute atomic E-state index is 8.42. The molecule has 104 valence electrons. The van der Waals surface area contributed by atoms with Crippen LogP contribution in [-0.2, 0) is 0 Å². The molecule has 0 aromatic carbocycles. The summed E-state index contributed by atoms with van der Waals surface area (Å²) < 4.78 is 0.949. The number of hydrogen-bond acceptors (Lipinski definition) is 3. The fourth-order valence-corrected chi connectivity index (χ4v) is 2.89. The van der Waals surface area contributed by atoms with Crippen molar-refractivity contribution in [3.05, 3.63) is 27.6 Å². The number of nitrogens with one attached hydrogen (secondary N) is 1. The van der Waals surface area contributed by atoms with Gasteiger partial charge >= 0.3 is 0 Å². The number of aromatic nitrogens is 1. The van der Waals surface area contributed by atoms with E-state index in [1.807, 2.05) is 6.07 Å². The number of piperidine rings is 1. The van der Waals surface area contributed by atoms with Gasteiger partial charge in [0.1, 0.15) is 6.07 Å². The zero-order valence-electron chi connectivity index (χ0n) is 12.1. The highest BCUT2D eigenvalue weighted by molar-refractivity contribution is 14.1. The van der Waals surface area contributed by atoms with Crippen LogP contribution in [0.2, 0.25) is 0 Å². The number of halogens is 1. The molecule has 2 rings (SSSR count). The quantitative estimate of drug-likeness (QED) is 0.705. The van der Waals surface area contributed by atoms with E-state index < -0.39 is 0 Å². The molecule has 19 heavy (non-hydrogen) atoms. The molecule has 1 aromatic heterocycles. The Kier molecular flexibility index (Phi) is 5.75. The van der Waals surface area contributed by atoms with E-state index in [1.54, 1.807) is 18.5 Å². The van der Waals surface area contributed by atoms with Crippen molar-refractivity contribution in [3.63, 3.8) is 0 Å². The van der Waals surface area contributed by atoms with Crippen LogP contribution < -0.4 is 5.32 Å². The summed E-state index contributed by atoms with van der Waals surface area (Å²) in [6.07, 6.45) is 7.23. The summed E-state index contributed by atoms with van der Waals surface area (Å²) in [5, 5.41) is 12.1. The smallest absolute Gasteiger partial charge is 0.102 e. The lowest BCUT2D eigenvalue weighted by atomic mass is 9.83. The van der Waals surface area contributed by atoms with Gasteiger partial charge in [-0.1, -0.05) is 0 Å². The molecule has 0 amide bonds. The second kappa shape index (κ2) is 6.67. The van der Waals surface area contributed by atoms with Crippen LogP contribution in [-0.4, -0.2) is 16.1 Å². The molecule has 1 fully saturated rings. The van der Waals surface area contributed by atoms with E-state index in [-0.39, 0.29) is 0 Å². The van der Waals surface area contributed by atoms with E-state index in [9.17, 15) is 0 Å². The van der Waals surface area contributed by atoms with Crippen LogP contribution in [0.4, 0.5) is 0 Å². The number of pyridine rings is 1. The second-order valence-corrected chi connectivity index (χ2v) is 7.38. The number of rotatable bonds is 0. The zero-order chi connectivity index (χ0) is 14.5. The predicted molar refractivity (Wildman–Crippen MR) is 86.8 cm³/mol. The maximum Gasteiger partial charge on any atom is 0.102 e. The van der Waals surface area contributed by atoms with E-state index in [1.165, 1.54) is 19.3 Å². The Labute approximate surface area is 130 Å². The average Bonchev–Trinajstić information content (AvgIpc) is 2.27. The minimum absolute atomic E-state index is 0.363. The van der Waals surface area contributed by atoms with Gasteiger partial charge < -0.3 is 5.32 Å². The molecular weight excluding hydrogens is 349 g/mol. The van der Waals surface area contributed by atoms with Crippen LogP contribution in [0.5, 0.6) is 0 Å². The first kappa shape index (κ1) is 16.4. The maximum atomic E-state index is 8.42. The lowest BCUT2D eigenvalue weighted by Gasteiger charge is -2.42. The van der Waals surface area contributed by atoms with Gasteiger partial charge in [-0.15, -0.1) is 0 Å². The molecule has 0 unspecified atom stereocenters. The first-order valence-electron chi connectivity index (χ1n) is 6.55. The summed E-state index contributed by atoms with van der Waals surface area (Å²) in [6.45, 7) is 9.14. The molecule has 0 spiro atoms. The molecule has 1 aromatic rings. The topological polar surface area (TPSA) is 48.7 Å². The minimum Gasteiger partial charge on any atom is -0.307 e. The first-order valence-corrected chi connectivity index (χ1v) is 7.63. The summed E-state index contributed by atoms with van der Waals surface area (Å²) in [5.41, 5.74) is 1.36. The lowest BCUT2D eigenvalue weighted by molar-refractivity contribution is 0.183. The monoisotopic (exact) mass is 371 g/mol. The molecule has 1 saturated heterocycles. The third-order valence-corrected chi connectivity index (χ3v) is 4.11. The van der Waals surface area contributed by atoms with Crippen LogP contribution in [0.1, 0.15) is 52.5 Å². The van der Waals surface area contributed by atoms with Crippen molar-refractivity contribution in [1.29, 1.82) is 5.26 Å². The molecule has 0 saturated carbocycles. The molecule has 0 aliphatic carbocycles. The van der Waals surface area contributed by atoms with Gasteiger partial charge in [0.25, 0.3) is 0 Å². The Hall–Kier alpha value is -0.670. The highest BCUT2D eigenvalue weighted by Gasteiger charge is 2.31. The molecule has 3 nitrogen and oxygen atoms in total. The fourth-order valence-electron chi connectivity index (χ4n) is 2.47. The van der Waals surface area contributed by atoms with Gasteiger partial charge in [0, 0.05) is 27.0 Å². The van der Waals surface area contributed by atoms with E-state index in [4.69, 9.17) is 5.26 Å². The van der Waals surface area contributed by atoms with Gasteiger partial charge in [-0.2, -0.15) is 5.26 Å². The van der Waals surface area contributed by atoms with Crippen molar-refractivity contribution in [2.45, 2.75) is 58.0 Å². The van der Waals surface area contributed by atoms with Crippen molar-refractivity contribution in [2.75, 3.05) is 0 Å². The van der Waals surface area contributed by atoms with Gasteiger partial charge in [0.2, 0.25) is 0 Å². The molecule has 0 radical (unpaired) electrons. The molecule has 0 bridgehead atoms. The van der Waals surface area contributed by atoms with Crippen molar-refractivity contribution >= 4 is 22.6 Å². The standard InChI is InChI=1S/C9H19N.C6H3IN2/c1-8(2)6-5-7-9(3,4)10-8;7-6-1-2-9-4-5(6)3-8/h10H,5-7H2,1-4H3;1-2,4H. The third-order valence-electron chi connectivity index (χ3n) is 3.17. The van der Waals surface area contributed by atoms with Crippen molar-refractivity contribution in [3.8, 4) is 6.07 Å². The van der Waals surface area contributed by atoms with Crippen molar-refractivity contribution in [1.82, 2.24) is 10.3 Å². The minimum atomic E-state index is 0.363. The second-order valence-electron chi connectivity index (χ2n) is 6.21. The van der Waals surface area contributed by atoms with Gasteiger partial charge in [0.05, 0.1) is 5.56 Å². The van der Waals surface area contributed by atoms with Gasteiger partial charge in [-0.3, -0.25) is 4.98 Å². The summed E-state index contributed by atoms with van der Waals surface area (Å²) >= 11 is 2.10. The third kappa shape index (κ3) is 5.87. The summed E-state index contributed by atoms with van der Waals surface area (Å²) in [6, 6.07) is 3.83. The highest BCUT2D eigenvalue weighted by atomic mass is 127. The Morgan fingerprint density at radius 3 is 2.16 bits per heavy atom. The molecule has 0 atom stereocenters. The normalized spacial score (nSPS) is 19.8. The van der Waals surface area contributed by atoms with Crippen molar-refractivity contribution < 1.29 is 0 Å². The van der Waals surface area contributed by atoms with Crippen LogP contribution in [0.15, 0.2) is 18.5 Å². The van der Waals surface area contributed by atoms with E-state index >= 15 is 0 Å². The van der Waals surface area contributed by atoms with Crippen LogP contribution in [0, 0.1) is 14.9 Å². The summed E-state index contributed by atoms with van der Waals surface area (Å²) in [7, 11) is 0. The predicted octanol–water partition coefficient (Wildman–Crippen LogP) is 3.87. The Bertz CT molecular complexity index is 447. The Morgan fingerprint density at radius 2 is 1.84 bits per heavy atom. The van der Waals surface area contributed by atoms with E-state index in [2.05, 4.69) is 60.6 Å². The number of nitriles is 1. The Morgan fingerprint density at radius 1 is 1.26 bits per heavy atom. The SMILES string of the molecule is CC1(C)CCCC(C)(C)N1.N#Cc1cnccc1I. The van der Waals surface area contributed by atoms with Gasteiger partial charge in [0.15, 0.2) is 0 Å². The van der Waals surface area contributed by atoms with E-state index in [0.29, 0.717) is 16.6 Å². The molecule has 2 heterocycles. The molecule has 1 N–H and O–H groups in total. The summed E-state index contributed by atoms with van der Waals surface area (Å²) in [5.74, 6) is 0. The summed E-state index contributed by atoms with van der Waals surface area (Å²) in [4.78, 5) is 3.79. The number of nitrogens with zero attached hydrogens (tertiary/aromatic N) is 2. The first-order chi connectivity index (χ1) is 8.76. The van der Waals surface area contributed by atoms with Gasteiger partial charge in [-0.05, 0) is 75.6 Å². The van der Waals surface area contributed by atoms with Crippen LogP contribution in [0.3, 0.4) is 0 Å². The van der Waals surface area contributed by atoms with Crippen LogP contribution in [0.25, 0.3) is 0 Å². The van der Waals surface area contributed by atoms with Gasteiger partial charge in [-0.25, -0.2) is 0 Å². The molecule has 1 aliphatic heterocycles. The largest absolute Gasteiger partial charge is 0.307 e. The molecule has 4 heteroatoms. The number of hydrogen-bond donors (Lipinski definition) is 1. The average molecular weight is 371 g/mol. The molecule has 1 aliphatic rings. The fraction of sp³-hybridized carbons (Fsp3) is 0.600. The van der Waals surface area contributed by atoms with E-state index in [0.717, 1.165) is 3.57 Å².